The van der Waals surface area contributed by atoms with Crippen molar-refractivity contribution in [3.8, 4) is 0 Å². The molecule has 0 aliphatic carbocycles. The molecule has 82 valence electrons. The molecule has 0 spiro atoms. The number of ether oxygens (including phenoxy) is 1. The van der Waals surface area contributed by atoms with Crippen molar-refractivity contribution in [2.75, 3.05) is 26.2 Å². The van der Waals surface area contributed by atoms with E-state index in [2.05, 4.69) is 24.8 Å². The molecule has 0 aromatic carbocycles. The number of hydrogen-bond donors (Lipinski definition) is 1. The van der Waals surface area contributed by atoms with Crippen LogP contribution in [0.5, 0.6) is 0 Å². The van der Waals surface area contributed by atoms with Gasteiger partial charge in [-0.2, -0.15) is 0 Å². The van der Waals surface area contributed by atoms with Crippen molar-refractivity contribution >= 4 is 0 Å². The Kier molecular flexibility index (Phi) is 5.15. The van der Waals surface area contributed by atoms with Crippen molar-refractivity contribution in [2.45, 2.75) is 32.4 Å². The van der Waals surface area contributed by atoms with E-state index in [-0.39, 0.29) is 0 Å². The highest BCUT2D eigenvalue weighted by atomic mass is 16.5. The minimum atomic E-state index is 0.365. The van der Waals surface area contributed by atoms with E-state index in [9.17, 15) is 0 Å². The zero-order valence-corrected chi connectivity index (χ0v) is 9.28. The van der Waals surface area contributed by atoms with Gasteiger partial charge in [0.1, 0.15) is 0 Å². The summed E-state index contributed by atoms with van der Waals surface area (Å²) in [4.78, 5) is 2.47. The number of nitrogens with zero attached hydrogens (tertiary/aromatic N) is 1. The predicted octanol–water partition coefficient (Wildman–Crippen LogP) is 1.00. The molecule has 1 aliphatic heterocycles. The summed E-state index contributed by atoms with van der Waals surface area (Å²) >= 11 is 0. The summed E-state index contributed by atoms with van der Waals surface area (Å²) in [6.45, 7) is 7.89. The fraction of sp³-hybridized carbons (Fsp3) is 0.818. The number of morpholine rings is 1. The van der Waals surface area contributed by atoms with E-state index in [4.69, 9.17) is 10.5 Å². The van der Waals surface area contributed by atoms with E-state index in [1.54, 1.807) is 0 Å². The molecule has 1 saturated heterocycles. The van der Waals surface area contributed by atoms with E-state index in [1.165, 1.54) is 0 Å². The fourth-order valence-corrected chi connectivity index (χ4v) is 1.82. The summed E-state index contributed by atoms with van der Waals surface area (Å²) in [7, 11) is 0. The zero-order chi connectivity index (χ0) is 10.4. The number of rotatable bonds is 4. The molecule has 0 aromatic heterocycles. The van der Waals surface area contributed by atoms with Crippen LogP contribution in [0.15, 0.2) is 12.2 Å². The SMILES string of the molecule is CCC1COC(C)CN1CC=CCN. The molecule has 3 nitrogen and oxygen atoms in total. The van der Waals surface area contributed by atoms with Crippen LogP contribution in [0.4, 0.5) is 0 Å². The van der Waals surface area contributed by atoms with Gasteiger partial charge < -0.3 is 10.5 Å². The lowest BCUT2D eigenvalue weighted by molar-refractivity contribution is -0.0512. The van der Waals surface area contributed by atoms with Gasteiger partial charge in [0.05, 0.1) is 12.7 Å². The molecule has 1 heterocycles. The lowest BCUT2D eigenvalue weighted by Crippen LogP contribution is -2.48. The van der Waals surface area contributed by atoms with Crippen LogP contribution in [-0.4, -0.2) is 43.3 Å². The van der Waals surface area contributed by atoms with Gasteiger partial charge in [0.15, 0.2) is 0 Å². The van der Waals surface area contributed by atoms with Gasteiger partial charge in [0, 0.05) is 25.7 Å². The summed E-state index contributed by atoms with van der Waals surface area (Å²) in [5, 5.41) is 0. The van der Waals surface area contributed by atoms with Gasteiger partial charge in [-0.05, 0) is 13.3 Å². The van der Waals surface area contributed by atoms with Gasteiger partial charge in [-0.1, -0.05) is 19.1 Å². The van der Waals surface area contributed by atoms with E-state index in [1.807, 2.05) is 6.08 Å². The molecule has 0 aromatic rings. The first kappa shape index (κ1) is 11.7. The van der Waals surface area contributed by atoms with Crippen molar-refractivity contribution in [3.63, 3.8) is 0 Å². The maximum absolute atomic E-state index is 5.63. The van der Waals surface area contributed by atoms with Gasteiger partial charge in [0.25, 0.3) is 0 Å². The second-order valence-electron chi connectivity index (χ2n) is 3.87. The van der Waals surface area contributed by atoms with Crippen molar-refractivity contribution in [1.82, 2.24) is 4.90 Å². The largest absolute Gasteiger partial charge is 0.376 e. The molecule has 2 atom stereocenters. The molecule has 0 bridgehead atoms. The minimum absolute atomic E-state index is 0.365. The van der Waals surface area contributed by atoms with Crippen molar-refractivity contribution in [1.29, 1.82) is 0 Å². The summed E-state index contributed by atoms with van der Waals surface area (Å²) in [5.41, 5.74) is 5.41. The molecule has 0 amide bonds. The highest BCUT2D eigenvalue weighted by Gasteiger charge is 2.23. The fourth-order valence-electron chi connectivity index (χ4n) is 1.82. The van der Waals surface area contributed by atoms with Gasteiger partial charge >= 0.3 is 0 Å². The summed E-state index contributed by atoms with van der Waals surface area (Å²) in [6, 6.07) is 0.577. The average Bonchev–Trinajstić information content (AvgIpc) is 2.19. The molecule has 0 saturated carbocycles. The summed E-state index contributed by atoms with van der Waals surface area (Å²) in [6.07, 6.45) is 5.69. The van der Waals surface area contributed by atoms with Gasteiger partial charge in [0.2, 0.25) is 0 Å². The predicted molar refractivity (Wildman–Crippen MR) is 59.3 cm³/mol. The maximum atomic E-state index is 5.63. The Bertz CT molecular complexity index is 182. The van der Waals surface area contributed by atoms with Crippen LogP contribution in [0.3, 0.4) is 0 Å². The van der Waals surface area contributed by atoms with Crippen molar-refractivity contribution in [2.24, 2.45) is 5.73 Å². The zero-order valence-electron chi connectivity index (χ0n) is 9.28. The lowest BCUT2D eigenvalue weighted by Gasteiger charge is -2.37. The minimum Gasteiger partial charge on any atom is -0.376 e. The van der Waals surface area contributed by atoms with Crippen LogP contribution in [0.25, 0.3) is 0 Å². The molecular formula is C11H22N2O. The Morgan fingerprint density at radius 3 is 2.93 bits per heavy atom. The van der Waals surface area contributed by atoms with E-state index < -0.39 is 0 Å². The molecule has 3 heteroatoms. The molecular weight excluding hydrogens is 176 g/mol. The normalized spacial score (nSPS) is 29.9. The molecule has 0 radical (unpaired) electrons. The van der Waals surface area contributed by atoms with Crippen LogP contribution >= 0.6 is 0 Å². The monoisotopic (exact) mass is 198 g/mol. The maximum Gasteiger partial charge on any atom is 0.0674 e. The Labute approximate surface area is 86.9 Å². The van der Waals surface area contributed by atoms with Crippen molar-refractivity contribution < 1.29 is 4.74 Å². The molecule has 1 fully saturated rings. The van der Waals surface area contributed by atoms with Gasteiger partial charge in [-0.25, -0.2) is 0 Å². The first-order chi connectivity index (χ1) is 6.77. The Morgan fingerprint density at radius 1 is 1.50 bits per heavy atom. The van der Waals surface area contributed by atoms with Crippen LogP contribution in [0, 0.1) is 0 Å². The van der Waals surface area contributed by atoms with Gasteiger partial charge in [-0.3, -0.25) is 4.90 Å². The van der Waals surface area contributed by atoms with Crippen LogP contribution in [-0.2, 0) is 4.74 Å². The van der Waals surface area contributed by atoms with Crippen LogP contribution < -0.4 is 5.73 Å². The lowest BCUT2D eigenvalue weighted by atomic mass is 10.1. The third-order valence-corrected chi connectivity index (χ3v) is 2.70. The van der Waals surface area contributed by atoms with E-state index in [0.717, 1.165) is 26.1 Å². The van der Waals surface area contributed by atoms with E-state index >= 15 is 0 Å². The van der Waals surface area contributed by atoms with Crippen LogP contribution in [0.1, 0.15) is 20.3 Å². The Morgan fingerprint density at radius 2 is 2.29 bits per heavy atom. The number of hydrogen-bond acceptors (Lipinski definition) is 3. The quantitative estimate of drug-likeness (QED) is 0.685. The topological polar surface area (TPSA) is 38.5 Å². The molecule has 14 heavy (non-hydrogen) atoms. The smallest absolute Gasteiger partial charge is 0.0674 e. The van der Waals surface area contributed by atoms with Crippen LogP contribution in [0.2, 0.25) is 0 Å². The second-order valence-corrected chi connectivity index (χ2v) is 3.87. The third-order valence-electron chi connectivity index (χ3n) is 2.70. The Balaban J connectivity index is 2.40. The molecule has 2 N–H and O–H groups in total. The molecule has 2 unspecified atom stereocenters. The summed E-state index contributed by atoms with van der Waals surface area (Å²) in [5.74, 6) is 0. The first-order valence-corrected chi connectivity index (χ1v) is 5.48. The highest BCUT2D eigenvalue weighted by molar-refractivity contribution is 4.89. The van der Waals surface area contributed by atoms with Crippen molar-refractivity contribution in [3.05, 3.63) is 12.2 Å². The Hall–Kier alpha value is -0.380. The average molecular weight is 198 g/mol. The highest BCUT2D eigenvalue weighted by Crippen LogP contribution is 2.13. The molecule has 1 rings (SSSR count). The summed E-state index contributed by atoms with van der Waals surface area (Å²) < 4.78 is 5.63. The molecule has 1 aliphatic rings. The van der Waals surface area contributed by atoms with E-state index in [0.29, 0.717) is 18.7 Å². The van der Waals surface area contributed by atoms with Gasteiger partial charge in [-0.15, -0.1) is 0 Å². The number of nitrogens with two attached hydrogens (primary N) is 1. The second kappa shape index (κ2) is 6.17. The first-order valence-electron chi connectivity index (χ1n) is 5.48. The third kappa shape index (κ3) is 3.40. The standard InChI is InChI=1S/C11H22N2O/c1-3-11-9-14-10(2)8-13(11)7-5-4-6-12/h4-5,10-11H,3,6-9,12H2,1-2H3.